The summed E-state index contributed by atoms with van der Waals surface area (Å²) in [5.74, 6) is -5.51. The van der Waals surface area contributed by atoms with E-state index in [1.54, 1.807) is 14.0 Å². The number of aliphatic carboxylic acids is 4. The van der Waals surface area contributed by atoms with Crippen molar-refractivity contribution >= 4 is 34.6 Å². The highest BCUT2D eigenvalue weighted by atomic mass is 16.5. The van der Waals surface area contributed by atoms with Crippen LogP contribution in [0.2, 0.25) is 0 Å². The van der Waals surface area contributed by atoms with E-state index in [2.05, 4.69) is 0 Å². The average Bonchev–Trinajstić information content (AvgIpc) is 2.65. The van der Waals surface area contributed by atoms with Crippen molar-refractivity contribution in [2.75, 3.05) is 7.11 Å². The molecule has 0 aliphatic rings. The van der Waals surface area contributed by atoms with Crippen LogP contribution in [0, 0.1) is 0 Å². The molecule has 0 aliphatic heterocycles. The summed E-state index contributed by atoms with van der Waals surface area (Å²) in [6, 6.07) is 11.4. The van der Waals surface area contributed by atoms with Crippen LogP contribution in [0.5, 0.6) is 5.75 Å². The van der Waals surface area contributed by atoms with Crippen LogP contribution < -0.4 is 4.74 Å². The van der Waals surface area contributed by atoms with Gasteiger partial charge < -0.3 is 30.3 Å². The van der Waals surface area contributed by atoms with E-state index < -0.39 is 48.2 Å². The van der Waals surface area contributed by atoms with Gasteiger partial charge in [0.2, 0.25) is 0 Å². The average molecular weight is 422 g/mol. The third-order valence-corrected chi connectivity index (χ3v) is 4.23. The molecule has 0 amide bonds. The number of hydrogen-bond acceptors (Lipinski definition) is 6. The topological polar surface area (TPSA) is 179 Å². The van der Waals surface area contributed by atoms with Gasteiger partial charge in [0, 0.05) is 0 Å². The Balaban J connectivity index is 0.000000314. The van der Waals surface area contributed by atoms with Gasteiger partial charge in [0.25, 0.3) is 0 Å². The van der Waals surface area contributed by atoms with Crippen molar-refractivity contribution in [2.45, 2.75) is 31.3 Å². The summed E-state index contributed by atoms with van der Waals surface area (Å²) in [5.41, 5.74) is -1.92. The molecule has 0 fully saturated rings. The first-order chi connectivity index (χ1) is 13.9. The smallest absolute Gasteiger partial charge is 0.336 e. The molecule has 0 heterocycles. The molecule has 2 aromatic carbocycles. The lowest BCUT2D eigenvalue weighted by Crippen LogP contribution is -2.42. The summed E-state index contributed by atoms with van der Waals surface area (Å²) in [4.78, 5) is 41.4. The van der Waals surface area contributed by atoms with Crippen LogP contribution in [0.15, 0.2) is 36.4 Å². The predicted octanol–water partition coefficient (Wildman–Crippen LogP) is 1.79. The maximum atomic E-state index is 10.9. The van der Waals surface area contributed by atoms with Crippen LogP contribution in [0.25, 0.3) is 10.8 Å². The second-order valence-electron chi connectivity index (χ2n) is 6.51. The standard InChI is InChI=1S/C14H14O3.C6H8O7/c1-9(14(15)16)10-3-4-12-8-13(17-2)6-5-11(12)7-10;7-3(8)1-6(13,5(11)12)2-4(9)10/h3-9H,1-2H3,(H,15,16);13H,1-2H2,(H,7,8)(H,9,10)(H,11,12)/t9-;/m0./s1. The minimum atomic E-state index is -2.74. The monoisotopic (exact) mass is 422 g/mol. The van der Waals surface area contributed by atoms with Crippen LogP contribution >= 0.6 is 0 Å². The molecule has 10 nitrogen and oxygen atoms in total. The van der Waals surface area contributed by atoms with Crippen molar-refractivity contribution in [3.63, 3.8) is 0 Å². The first-order valence-corrected chi connectivity index (χ1v) is 8.59. The van der Waals surface area contributed by atoms with Gasteiger partial charge in [0.05, 0.1) is 25.9 Å². The van der Waals surface area contributed by atoms with Crippen molar-refractivity contribution in [3.05, 3.63) is 42.0 Å². The van der Waals surface area contributed by atoms with Crippen LogP contribution in [0.3, 0.4) is 0 Å². The summed E-state index contributed by atoms with van der Waals surface area (Å²) >= 11 is 0. The number of carboxylic acids is 4. The highest BCUT2D eigenvalue weighted by Gasteiger charge is 2.40. The van der Waals surface area contributed by atoms with Crippen LogP contribution in [-0.4, -0.2) is 62.1 Å². The van der Waals surface area contributed by atoms with E-state index in [1.165, 1.54) is 0 Å². The van der Waals surface area contributed by atoms with E-state index in [9.17, 15) is 19.2 Å². The number of rotatable bonds is 8. The third-order valence-electron chi connectivity index (χ3n) is 4.23. The number of benzene rings is 2. The third kappa shape index (κ3) is 6.74. The molecule has 2 aromatic rings. The van der Waals surface area contributed by atoms with E-state index >= 15 is 0 Å². The summed E-state index contributed by atoms with van der Waals surface area (Å²) in [6.45, 7) is 1.69. The molecule has 0 radical (unpaired) electrons. The van der Waals surface area contributed by atoms with Crippen molar-refractivity contribution in [1.82, 2.24) is 0 Å². The van der Waals surface area contributed by atoms with Crippen molar-refractivity contribution in [1.29, 1.82) is 0 Å². The normalized spacial score (nSPS) is 11.7. The molecule has 30 heavy (non-hydrogen) atoms. The highest BCUT2D eigenvalue weighted by molar-refractivity contribution is 5.88. The first-order valence-electron chi connectivity index (χ1n) is 8.59. The van der Waals surface area contributed by atoms with Gasteiger partial charge in [-0.25, -0.2) is 4.79 Å². The Bertz CT molecular complexity index is 934. The molecule has 0 aromatic heterocycles. The van der Waals surface area contributed by atoms with Crippen LogP contribution in [0.4, 0.5) is 0 Å². The minimum Gasteiger partial charge on any atom is -0.497 e. The number of methoxy groups -OCH3 is 1. The van der Waals surface area contributed by atoms with Crippen molar-refractivity contribution < 1.29 is 49.4 Å². The van der Waals surface area contributed by atoms with E-state index in [4.69, 9.17) is 30.3 Å². The Morgan fingerprint density at radius 3 is 1.83 bits per heavy atom. The molecule has 162 valence electrons. The zero-order valence-corrected chi connectivity index (χ0v) is 16.2. The van der Waals surface area contributed by atoms with Crippen molar-refractivity contribution in [2.24, 2.45) is 0 Å². The Morgan fingerprint density at radius 1 is 0.900 bits per heavy atom. The molecule has 1 atom stereocenters. The molecule has 10 heteroatoms. The molecule has 2 rings (SSSR count). The number of aliphatic hydroxyl groups is 1. The van der Waals surface area contributed by atoms with E-state index in [0.29, 0.717) is 0 Å². The number of ether oxygens (including phenoxy) is 1. The van der Waals surface area contributed by atoms with E-state index in [0.717, 1.165) is 22.1 Å². The van der Waals surface area contributed by atoms with Gasteiger partial charge in [-0.3, -0.25) is 14.4 Å². The summed E-state index contributed by atoms with van der Waals surface area (Å²) < 4.78 is 5.14. The largest absolute Gasteiger partial charge is 0.497 e. The molecule has 0 aliphatic carbocycles. The number of carboxylic acid groups (broad SMARTS) is 4. The number of fused-ring (bicyclic) bond motifs is 1. The van der Waals surface area contributed by atoms with Gasteiger partial charge in [-0.2, -0.15) is 0 Å². The van der Waals surface area contributed by atoms with Gasteiger partial charge in [0.15, 0.2) is 5.60 Å². The number of hydrogen-bond donors (Lipinski definition) is 5. The Labute approximate surface area is 170 Å². The molecular weight excluding hydrogens is 400 g/mol. The summed E-state index contributed by atoms with van der Waals surface area (Å²) in [6.07, 6.45) is -2.29. The molecule has 0 bridgehead atoms. The van der Waals surface area contributed by atoms with Gasteiger partial charge in [-0.1, -0.05) is 24.3 Å². The van der Waals surface area contributed by atoms with Crippen LogP contribution in [-0.2, 0) is 19.2 Å². The Kier molecular flexibility index (Phi) is 8.30. The van der Waals surface area contributed by atoms with Crippen LogP contribution in [0.1, 0.15) is 31.2 Å². The molecule has 0 saturated carbocycles. The predicted molar refractivity (Wildman–Crippen MR) is 104 cm³/mol. The maximum Gasteiger partial charge on any atom is 0.336 e. The van der Waals surface area contributed by atoms with Gasteiger partial charge in [-0.05, 0) is 35.4 Å². The lowest BCUT2D eigenvalue weighted by molar-refractivity contribution is -0.170. The van der Waals surface area contributed by atoms with Gasteiger partial charge in [-0.15, -0.1) is 0 Å². The molecule has 0 unspecified atom stereocenters. The van der Waals surface area contributed by atoms with Gasteiger partial charge >= 0.3 is 23.9 Å². The fourth-order valence-corrected chi connectivity index (χ4v) is 2.50. The highest BCUT2D eigenvalue weighted by Crippen LogP contribution is 2.25. The lowest BCUT2D eigenvalue weighted by Gasteiger charge is -2.18. The molecule has 0 spiro atoms. The fourth-order valence-electron chi connectivity index (χ4n) is 2.50. The summed E-state index contributed by atoms with van der Waals surface area (Å²) in [7, 11) is 1.63. The van der Waals surface area contributed by atoms with Crippen molar-refractivity contribution in [3.8, 4) is 5.75 Å². The zero-order chi connectivity index (χ0) is 23.1. The zero-order valence-electron chi connectivity index (χ0n) is 16.2. The Morgan fingerprint density at radius 2 is 1.40 bits per heavy atom. The first kappa shape index (κ1) is 24.4. The van der Waals surface area contributed by atoms with E-state index in [1.807, 2.05) is 36.4 Å². The molecular formula is C20H22O10. The second kappa shape index (κ2) is 10.2. The summed E-state index contributed by atoms with van der Waals surface area (Å²) in [5, 5.41) is 44.9. The fraction of sp³-hybridized carbons (Fsp3) is 0.300. The van der Waals surface area contributed by atoms with Gasteiger partial charge in [0.1, 0.15) is 5.75 Å². The molecule has 0 saturated heterocycles. The SMILES string of the molecule is COc1ccc2cc([C@H](C)C(=O)O)ccc2c1.O=C(O)CC(O)(CC(=O)O)C(=O)O. The quantitative estimate of drug-likeness (QED) is 0.421. The molecule has 5 N–H and O–H groups in total. The second-order valence-corrected chi connectivity index (χ2v) is 6.51. The lowest BCUT2D eigenvalue weighted by atomic mass is 9.96. The van der Waals surface area contributed by atoms with E-state index in [-0.39, 0.29) is 0 Å². The minimum absolute atomic E-state index is 0.485. The maximum absolute atomic E-state index is 10.9. The number of carbonyl (C=O) groups is 4. The Hall–Kier alpha value is -3.66.